The smallest absolute Gasteiger partial charge is 0.259 e. The van der Waals surface area contributed by atoms with E-state index in [-0.39, 0.29) is 42.8 Å². The number of hydrogen-bond donors (Lipinski definition) is 1. The van der Waals surface area contributed by atoms with E-state index in [0.717, 1.165) is 32.1 Å². The van der Waals surface area contributed by atoms with Crippen molar-refractivity contribution in [2.24, 2.45) is 5.41 Å². The first-order valence-corrected chi connectivity index (χ1v) is 14.3. The molecular weight excluding hydrogens is 475 g/mol. The van der Waals surface area contributed by atoms with Crippen LogP contribution in [-0.4, -0.2) is 72.9 Å². The molecule has 1 atom stereocenters. The molecule has 0 aliphatic carbocycles. The molecule has 9 heteroatoms. The highest BCUT2D eigenvalue weighted by atomic mass is 31.2. The third-order valence-electron chi connectivity index (χ3n) is 5.90. The molecule has 0 aromatic rings. The number of hydrogen-bond acceptors (Lipinski definition) is 5. The summed E-state index contributed by atoms with van der Waals surface area (Å²) in [7, 11) is -1.35. The molecule has 0 bridgehead atoms. The Balaban J connectivity index is 2.36. The van der Waals surface area contributed by atoms with Crippen molar-refractivity contribution in [2.45, 2.75) is 98.0 Å². The molecule has 1 N–H and O–H groups in total. The summed E-state index contributed by atoms with van der Waals surface area (Å²) in [6.45, 7) is 18.2. The van der Waals surface area contributed by atoms with Gasteiger partial charge in [0.15, 0.2) is 0 Å². The maximum Gasteiger partial charge on any atom is 0.259 e. The predicted molar refractivity (Wildman–Crippen MR) is 146 cm³/mol. The Morgan fingerprint density at radius 3 is 2.47 bits per heavy atom. The van der Waals surface area contributed by atoms with E-state index in [2.05, 4.69) is 48.4 Å². The lowest BCUT2D eigenvalue weighted by molar-refractivity contribution is -0.144. The average molecular weight is 524 g/mol. The van der Waals surface area contributed by atoms with E-state index in [1.165, 1.54) is 0 Å². The second-order valence-electron chi connectivity index (χ2n) is 10.1. The normalized spacial score (nSPS) is 15.8. The van der Waals surface area contributed by atoms with E-state index in [1.54, 1.807) is 0 Å². The van der Waals surface area contributed by atoms with Gasteiger partial charge in [0.2, 0.25) is 18.4 Å². The number of nitrogens with one attached hydrogen (secondary N) is 1. The van der Waals surface area contributed by atoms with E-state index in [4.69, 9.17) is 23.4 Å². The van der Waals surface area contributed by atoms with Crippen molar-refractivity contribution in [2.75, 3.05) is 39.4 Å². The lowest BCUT2D eigenvalue weighted by Gasteiger charge is -2.48. The van der Waals surface area contributed by atoms with E-state index >= 15 is 0 Å². The topological polar surface area (TPSA) is 75.5 Å². The monoisotopic (exact) mass is 523 g/mol. The largest absolute Gasteiger partial charge is 0.356 e. The van der Waals surface area contributed by atoms with Crippen molar-refractivity contribution >= 4 is 20.3 Å². The molecule has 1 aliphatic heterocycles. The van der Waals surface area contributed by atoms with Gasteiger partial charge >= 0.3 is 0 Å². The van der Waals surface area contributed by atoms with E-state index in [1.807, 2.05) is 4.90 Å². The highest BCUT2D eigenvalue weighted by Crippen LogP contribution is 2.48. The highest BCUT2D eigenvalue weighted by molar-refractivity contribution is 7.44. The fourth-order valence-electron chi connectivity index (χ4n) is 4.10. The molecule has 0 radical (unpaired) electrons. The number of nitrogens with zero attached hydrogens (tertiary/aromatic N) is 3. The Labute approximate surface area is 222 Å². The third kappa shape index (κ3) is 12.5. The first kappa shape index (κ1) is 30.5. The Kier molecular flexibility index (Phi) is 15.0. The quantitative estimate of drug-likeness (QED) is 0.112. The zero-order valence-electron chi connectivity index (χ0n) is 23.8. The number of carbonyl (C=O) groups is 2. The van der Waals surface area contributed by atoms with Crippen LogP contribution >= 0.6 is 8.53 Å². The number of terminal acetylenes is 1. The SMILES string of the molecule is [2H]CC1(COP(OCC[N+]#[C-])N(C(C)C)C(C)C)CN(C(=O)CCCCCNC(=O)CCCCC#C)C1. The van der Waals surface area contributed by atoms with Gasteiger partial charge in [-0.2, -0.15) is 0 Å². The molecule has 2 amide bonds. The molecule has 1 fully saturated rings. The Hall–Kier alpha value is -1.70. The summed E-state index contributed by atoms with van der Waals surface area (Å²) in [4.78, 5) is 29.6. The van der Waals surface area contributed by atoms with Crippen molar-refractivity contribution in [3.8, 4) is 12.3 Å². The number of unbranched alkanes of at least 4 members (excludes halogenated alkanes) is 4. The third-order valence-corrected chi connectivity index (χ3v) is 7.96. The molecule has 0 aromatic heterocycles. The number of rotatable bonds is 19. The van der Waals surface area contributed by atoms with Gasteiger partial charge in [0.05, 0.1) is 6.61 Å². The summed E-state index contributed by atoms with van der Waals surface area (Å²) >= 11 is 0. The van der Waals surface area contributed by atoms with E-state index in [0.29, 0.717) is 52.1 Å². The van der Waals surface area contributed by atoms with Crippen molar-refractivity contribution in [1.29, 1.82) is 0 Å². The minimum Gasteiger partial charge on any atom is -0.356 e. The van der Waals surface area contributed by atoms with Crippen molar-refractivity contribution in [3.05, 3.63) is 11.4 Å². The van der Waals surface area contributed by atoms with Gasteiger partial charge in [0.1, 0.15) is 6.61 Å². The van der Waals surface area contributed by atoms with Crippen LogP contribution in [0.25, 0.3) is 4.85 Å². The number of likely N-dealkylation sites (tertiary alicyclic amines) is 1. The van der Waals surface area contributed by atoms with Gasteiger partial charge in [-0.1, -0.05) is 13.3 Å². The van der Waals surface area contributed by atoms with Gasteiger partial charge in [-0.05, 0) is 53.4 Å². The van der Waals surface area contributed by atoms with Gasteiger partial charge in [-0.25, -0.2) is 11.2 Å². The summed E-state index contributed by atoms with van der Waals surface area (Å²) in [5, 5.41) is 2.92. The molecule has 0 aromatic carbocycles. The van der Waals surface area contributed by atoms with Crippen LogP contribution in [0.5, 0.6) is 0 Å². The molecule has 1 unspecified atom stereocenters. The molecular formula is C27H47N4O4P. The standard InChI is InChI=1S/C27H47N4O4P/c1-8-9-10-12-15-25(32)29-17-14-11-13-16-26(33)30-20-27(6,21-30)22-35-36(34-19-18-28-7)31(23(2)3)24(4)5/h1,23-24H,9-22H2,2-6H3,(H,29,32)/i6D. The molecule has 36 heavy (non-hydrogen) atoms. The van der Waals surface area contributed by atoms with Crippen LogP contribution in [0.3, 0.4) is 0 Å². The second kappa shape index (κ2) is 17.7. The molecule has 8 nitrogen and oxygen atoms in total. The van der Waals surface area contributed by atoms with Gasteiger partial charge < -0.3 is 24.1 Å². The first-order chi connectivity index (χ1) is 17.7. The summed E-state index contributed by atoms with van der Waals surface area (Å²) in [5.74, 6) is 2.76. The summed E-state index contributed by atoms with van der Waals surface area (Å²) in [6, 6.07) is 0.440. The van der Waals surface area contributed by atoms with Crippen LogP contribution in [0.15, 0.2) is 0 Å². The zero-order chi connectivity index (χ0) is 27.7. The zero-order valence-corrected chi connectivity index (χ0v) is 23.7. The summed E-state index contributed by atoms with van der Waals surface area (Å²) in [6.07, 6.45) is 11.1. The van der Waals surface area contributed by atoms with E-state index < -0.39 is 8.53 Å². The van der Waals surface area contributed by atoms with Crippen LogP contribution in [-0.2, 0) is 18.6 Å². The lowest BCUT2D eigenvalue weighted by Crippen LogP contribution is -2.58. The molecule has 0 spiro atoms. The average Bonchev–Trinajstić information content (AvgIpc) is 2.82. The van der Waals surface area contributed by atoms with Crippen LogP contribution in [0.2, 0.25) is 0 Å². The van der Waals surface area contributed by atoms with Gasteiger partial charge in [0.25, 0.3) is 8.53 Å². The van der Waals surface area contributed by atoms with Crippen LogP contribution in [0.1, 0.15) is 87.3 Å². The maximum atomic E-state index is 12.6. The Morgan fingerprint density at radius 1 is 1.17 bits per heavy atom. The van der Waals surface area contributed by atoms with Gasteiger partial charge in [-0.15, -0.1) is 12.3 Å². The molecule has 1 heterocycles. The lowest BCUT2D eigenvalue weighted by atomic mass is 9.82. The van der Waals surface area contributed by atoms with Crippen molar-refractivity contribution < 1.29 is 20.0 Å². The van der Waals surface area contributed by atoms with Gasteiger partial charge in [0, 0.05) is 57.8 Å². The number of amides is 2. The number of carbonyl (C=O) groups excluding carboxylic acids is 2. The predicted octanol–water partition coefficient (Wildman–Crippen LogP) is 5.00. The van der Waals surface area contributed by atoms with Crippen molar-refractivity contribution in [3.63, 3.8) is 0 Å². The molecule has 0 saturated carbocycles. The van der Waals surface area contributed by atoms with Gasteiger partial charge in [-0.3, -0.25) is 9.59 Å². The second-order valence-corrected chi connectivity index (χ2v) is 11.6. The Morgan fingerprint density at radius 2 is 1.86 bits per heavy atom. The van der Waals surface area contributed by atoms with E-state index in [9.17, 15) is 9.59 Å². The molecule has 1 saturated heterocycles. The van der Waals surface area contributed by atoms with Crippen LogP contribution in [0, 0.1) is 24.3 Å². The molecule has 1 aliphatic rings. The fraction of sp³-hybridized carbons (Fsp3) is 0.815. The minimum absolute atomic E-state index is 0.0630. The highest BCUT2D eigenvalue weighted by Gasteiger charge is 2.42. The van der Waals surface area contributed by atoms with Crippen LogP contribution in [0.4, 0.5) is 0 Å². The minimum atomic E-state index is -1.35. The molecule has 204 valence electrons. The van der Waals surface area contributed by atoms with Crippen molar-refractivity contribution in [1.82, 2.24) is 14.9 Å². The summed E-state index contributed by atoms with van der Waals surface area (Å²) in [5.41, 5.74) is -0.372. The Bertz CT molecular complexity index is 754. The first-order valence-electron chi connectivity index (χ1n) is 13.8. The maximum absolute atomic E-state index is 12.6. The van der Waals surface area contributed by atoms with Crippen LogP contribution < -0.4 is 5.32 Å². The fourth-order valence-corrected chi connectivity index (χ4v) is 5.81. The summed E-state index contributed by atoms with van der Waals surface area (Å²) < 4.78 is 22.5. The molecule has 1 rings (SSSR count).